The Morgan fingerprint density at radius 3 is 2.52 bits per heavy atom. The van der Waals surface area contributed by atoms with Crippen molar-refractivity contribution in [1.29, 1.82) is 0 Å². The van der Waals surface area contributed by atoms with E-state index in [2.05, 4.69) is 15.5 Å². The van der Waals surface area contributed by atoms with Gasteiger partial charge in [0.2, 0.25) is 5.91 Å². The van der Waals surface area contributed by atoms with E-state index in [1.54, 1.807) is 0 Å². The van der Waals surface area contributed by atoms with Crippen LogP contribution in [0.5, 0.6) is 5.75 Å². The first-order valence-corrected chi connectivity index (χ1v) is 10.4. The molecule has 3 rings (SSSR count). The SMILES string of the molecule is Cc1ccc(C)c(NC(=O)CSc2nnc(COc3c(C)cccc3C)n2C)c1. The molecule has 29 heavy (non-hydrogen) atoms. The maximum absolute atomic E-state index is 12.3. The van der Waals surface area contributed by atoms with E-state index in [1.165, 1.54) is 11.8 Å². The predicted molar refractivity (Wildman–Crippen MR) is 117 cm³/mol. The van der Waals surface area contributed by atoms with E-state index >= 15 is 0 Å². The summed E-state index contributed by atoms with van der Waals surface area (Å²) in [6, 6.07) is 12.1. The first-order valence-electron chi connectivity index (χ1n) is 9.42. The highest BCUT2D eigenvalue weighted by atomic mass is 32.2. The lowest BCUT2D eigenvalue weighted by molar-refractivity contribution is -0.113. The molecule has 0 bridgehead atoms. The molecule has 0 spiro atoms. The summed E-state index contributed by atoms with van der Waals surface area (Å²) in [5.41, 5.74) is 5.17. The van der Waals surface area contributed by atoms with Gasteiger partial charge in [-0.1, -0.05) is 42.1 Å². The van der Waals surface area contributed by atoms with Gasteiger partial charge in [-0.25, -0.2) is 0 Å². The first-order chi connectivity index (χ1) is 13.8. The summed E-state index contributed by atoms with van der Waals surface area (Å²) in [4.78, 5) is 12.3. The molecule has 0 saturated heterocycles. The van der Waals surface area contributed by atoms with Gasteiger partial charge in [0.1, 0.15) is 12.4 Å². The number of benzene rings is 2. The second-order valence-electron chi connectivity index (χ2n) is 7.12. The van der Waals surface area contributed by atoms with Crippen molar-refractivity contribution in [1.82, 2.24) is 14.8 Å². The molecule has 0 aliphatic heterocycles. The topological polar surface area (TPSA) is 69.0 Å². The van der Waals surface area contributed by atoms with Crippen molar-refractivity contribution in [3.05, 3.63) is 64.5 Å². The summed E-state index contributed by atoms with van der Waals surface area (Å²) in [5.74, 6) is 1.78. The van der Waals surface area contributed by atoms with Gasteiger partial charge in [0.05, 0.1) is 5.75 Å². The number of hydrogen-bond acceptors (Lipinski definition) is 5. The van der Waals surface area contributed by atoms with Gasteiger partial charge in [0.15, 0.2) is 11.0 Å². The van der Waals surface area contributed by atoms with Crippen LogP contribution in [-0.2, 0) is 18.4 Å². The average Bonchev–Trinajstić information content (AvgIpc) is 3.02. The molecule has 0 atom stereocenters. The number of anilines is 1. The van der Waals surface area contributed by atoms with E-state index in [4.69, 9.17) is 4.74 Å². The van der Waals surface area contributed by atoms with Gasteiger partial charge < -0.3 is 14.6 Å². The Morgan fingerprint density at radius 1 is 1.07 bits per heavy atom. The van der Waals surface area contributed by atoms with Gasteiger partial charge >= 0.3 is 0 Å². The van der Waals surface area contributed by atoms with Gasteiger partial charge in [-0.2, -0.15) is 0 Å². The van der Waals surface area contributed by atoms with Crippen LogP contribution in [0.25, 0.3) is 0 Å². The minimum atomic E-state index is -0.0694. The Labute approximate surface area is 175 Å². The lowest BCUT2D eigenvalue weighted by Gasteiger charge is -2.11. The highest BCUT2D eigenvalue weighted by molar-refractivity contribution is 7.99. The maximum atomic E-state index is 12.3. The number of para-hydroxylation sites is 1. The van der Waals surface area contributed by atoms with Crippen molar-refractivity contribution in [3.63, 3.8) is 0 Å². The molecule has 0 unspecified atom stereocenters. The minimum Gasteiger partial charge on any atom is -0.485 e. The molecule has 1 amide bonds. The second-order valence-corrected chi connectivity index (χ2v) is 8.07. The highest BCUT2D eigenvalue weighted by Crippen LogP contribution is 2.24. The highest BCUT2D eigenvalue weighted by Gasteiger charge is 2.13. The zero-order valence-corrected chi connectivity index (χ0v) is 18.3. The van der Waals surface area contributed by atoms with E-state index in [9.17, 15) is 4.79 Å². The van der Waals surface area contributed by atoms with Crippen LogP contribution in [-0.4, -0.2) is 26.4 Å². The molecule has 0 saturated carbocycles. The molecule has 1 heterocycles. The smallest absolute Gasteiger partial charge is 0.234 e. The molecule has 1 aromatic heterocycles. The standard InChI is InChI=1S/C22H26N4O2S/c1-14-9-10-15(2)18(11-14)23-20(27)13-29-22-25-24-19(26(22)5)12-28-21-16(3)7-6-8-17(21)4/h6-11H,12-13H2,1-5H3,(H,23,27). The number of hydrogen-bond donors (Lipinski definition) is 1. The van der Waals surface area contributed by atoms with E-state index in [0.717, 1.165) is 33.7 Å². The van der Waals surface area contributed by atoms with Crippen molar-refractivity contribution in [3.8, 4) is 5.75 Å². The van der Waals surface area contributed by atoms with Gasteiger partial charge in [0.25, 0.3) is 0 Å². The summed E-state index contributed by atoms with van der Waals surface area (Å²) >= 11 is 1.36. The van der Waals surface area contributed by atoms with Gasteiger partial charge in [-0.15, -0.1) is 10.2 Å². The molecule has 3 aromatic rings. The molecule has 152 valence electrons. The van der Waals surface area contributed by atoms with Gasteiger partial charge in [-0.3, -0.25) is 4.79 Å². The number of rotatable bonds is 7. The largest absolute Gasteiger partial charge is 0.485 e. The van der Waals surface area contributed by atoms with Crippen LogP contribution in [0.2, 0.25) is 0 Å². The van der Waals surface area contributed by atoms with Crippen LogP contribution in [0, 0.1) is 27.7 Å². The number of nitrogens with one attached hydrogen (secondary N) is 1. The molecule has 0 fully saturated rings. The number of nitrogens with zero attached hydrogens (tertiary/aromatic N) is 3. The van der Waals surface area contributed by atoms with Crippen molar-refractivity contribution in [2.75, 3.05) is 11.1 Å². The third kappa shape index (κ3) is 5.17. The van der Waals surface area contributed by atoms with Crippen LogP contribution in [0.1, 0.15) is 28.1 Å². The fourth-order valence-electron chi connectivity index (χ4n) is 2.95. The number of carbonyl (C=O) groups is 1. The molecule has 7 heteroatoms. The average molecular weight is 411 g/mol. The van der Waals surface area contributed by atoms with E-state index < -0.39 is 0 Å². The molecule has 2 aromatic carbocycles. The number of thioether (sulfide) groups is 1. The molecular weight excluding hydrogens is 384 g/mol. The summed E-state index contributed by atoms with van der Waals surface area (Å²) in [7, 11) is 1.88. The van der Waals surface area contributed by atoms with E-state index in [-0.39, 0.29) is 11.7 Å². The van der Waals surface area contributed by atoms with Gasteiger partial charge in [-0.05, 0) is 56.0 Å². The van der Waals surface area contributed by atoms with Crippen LogP contribution in [0.15, 0.2) is 41.6 Å². The third-order valence-electron chi connectivity index (χ3n) is 4.68. The molecule has 1 N–H and O–H groups in total. The van der Waals surface area contributed by atoms with Crippen molar-refractivity contribution in [2.24, 2.45) is 7.05 Å². The summed E-state index contributed by atoms with van der Waals surface area (Å²) in [6.07, 6.45) is 0. The first kappa shape index (κ1) is 20.9. The number of amides is 1. The normalized spacial score (nSPS) is 10.8. The lowest BCUT2D eigenvalue weighted by atomic mass is 10.1. The summed E-state index contributed by atoms with van der Waals surface area (Å²) in [6.45, 7) is 8.35. The number of carbonyl (C=O) groups excluding carboxylic acids is 1. The summed E-state index contributed by atoms with van der Waals surface area (Å²) in [5, 5.41) is 12.1. The fraction of sp³-hybridized carbons (Fsp3) is 0.318. The van der Waals surface area contributed by atoms with E-state index in [1.807, 2.05) is 75.7 Å². The molecule has 0 aliphatic rings. The predicted octanol–water partition coefficient (Wildman–Crippen LogP) is 4.36. The minimum absolute atomic E-state index is 0.0694. The monoisotopic (exact) mass is 410 g/mol. The summed E-state index contributed by atoms with van der Waals surface area (Å²) < 4.78 is 7.83. The van der Waals surface area contributed by atoms with Crippen LogP contribution >= 0.6 is 11.8 Å². The number of ether oxygens (including phenoxy) is 1. The Balaban J connectivity index is 1.58. The third-order valence-corrected chi connectivity index (χ3v) is 5.70. The zero-order chi connectivity index (χ0) is 21.0. The molecule has 0 radical (unpaired) electrons. The Kier molecular flexibility index (Phi) is 6.59. The number of aryl methyl sites for hydroxylation is 4. The molecule has 6 nitrogen and oxygen atoms in total. The fourth-order valence-corrected chi connectivity index (χ4v) is 3.68. The van der Waals surface area contributed by atoms with Crippen molar-refractivity contribution < 1.29 is 9.53 Å². The number of aromatic nitrogens is 3. The molecule has 0 aliphatic carbocycles. The Morgan fingerprint density at radius 2 is 1.79 bits per heavy atom. The second kappa shape index (κ2) is 9.13. The van der Waals surface area contributed by atoms with Crippen LogP contribution < -0.4 is 10.1 Å². The zero-order valence-electron chi connectivity index (χ0n) is 17.4. The van der Waals surface area contributed by atoms with Crippen molar-refractivity contribution in [2.45, 2.75) is 39.5 Å². The van der Waals surface area contributed by atoms with Crippen LogP contribution in [0.4, 0.5) is 5.69 Å². The molecular formula is C22H26N4O2S. The van der Waals surface area contributed by atoms with E-state index in [0.29, 0.717) is 17.6 Å². The quantitative estimate of drug-likeness (QED) is 0.586. The van der Waals surface area contributed by atoms with Crippen molar-refractivity contribution >= 4 is 23.4 Å². The van der Waals surface area contributed by atoms with Gasteiger partial charge in [0, 0.05) is 12.7 Å². The van der Waals surface area contributed by atoms with Crippen LogP contribution in [0.3, 0.4) is 0 Å². The Bertz CT molecular complexity index is 1010. The lowest BCUT2D eigenvalue weighted by Crippen LogP contribution is -2.15. The maximum Gasteiger partial charge on any atom is 0.234 e. The Hall–Kier alpha value is -2.80.